The molecule has 0 aliphatic carbocycles. The average molecular weight is 240 g/mol. The van der Waals surface area contributed by atoms with Gasteiger partial charge >= 0.3 is 0 Å². The number of pyridine rings is 1. The molecule has 0 atom stereocenters. The van der Waals surface area contributed by atoms with Gasteiger partial charge in [0.15, 0.2) is 0 Å². The fourth-order valence-corrected chi connectivity index (χ4v) is 1.89. The second kappa shape index (κ2) is 5.00. The first-order chi connectivity index (χ1) is 8.61. The van der Waals surface area contributed by atoms with Gasteiger partial charge in [-0.1, -0.05) is 30.3 Å². The van der Waals surface area contributed by atoms with Crippen molar-refractivity contribution in [1.82, 2.24) is 9.88 Å². The minimum atomic E-state index is -0.0159. The van der Waals surface area contributed by atoms with E-state index in [4.69, 9.17) is 0 Å². The molecule has 0 unspecified atom stereocenters. The Morgan fingerprint density at radius 1 is 1.11 bits per heavy atom. The van der Waals surface area contributed by atoms with E-state index in [1.54, 1.807) is 31.4 Å². The normalized spacial score (nSPS) is 10.2. The van der Waals surface area contributed by atoms with E-state index in [1.807, 2.05) is 37.3 Å². The predicted molar refractivity (Wildman–Crippen MR) is 72.4 cm³/mol. The van der Waals surface area contributed by atoms with Crippen LogP contribution in [0, 0.1) is 6.92 Å². The molecule has 3 heteroatoms. The van der Waals surface area contributed by atoms with Gasteiger partial charge in [0, 0.05) is 32.1 Å². The molecule has 0 bridgehead atoms. The van der Waals surface area contributed by atoms with E-state index < -0.39 is 0 Å². The molecule has 92 valence electrons. The number of carbonyl (C=O) groups excluding carboxylic acids is 1. The lowest BCUT2D eigenvalue weighted by Crippen LogP contribution is -2.22. The van der Waals surface area contributed by atoms with Crippen molar-refractivity contribution in [3.8, 4) is 11.1 Å². The summed E-state index contributed by atoms with van der Waals surface area (Å²) in [4.78, 5) is 17.8. The highest BCUT2D eigenvalue weighted by Gasteiger charge is 2.14. The summed E-state index contributed by atoms with van der Waals surface area (Å²) in [5, 5.41) is 0. The first kappa shape index (κ1) is 12.3. The van der Waals surface area contributed by atoms with Gasteiger partial charge in [-0.05, 0) is 18.1 Å². The van der Waals surface area contributed by atoms with Crippen molar-refractivity contribution >= 4 is 5.91 Å². The Morgan fingerprint density at radius 2 is 1.78 bits per heavy atom. The van der Waals surface area contributed by atoms with Gasteiger partial charge in [-0.2, -0.15) is 0 Å². The molecule has 1 aromatic carbocycles. The molecule has 1 amide bonds. The zero-order chi connectivity index (χ0) is 13.1. The van der Waals surface area contributed by atoms with Crippen LogP contribution in [0.15, 0.2) is 42.7 Å². The van der Waals surface area contributed by atoms with E-state index in [0.29, 0.717) is 5.56 Å². The third kappa shape index (κ3) is 2.25. The maximum absolute atomic E-state index is 12.0. The van der Waals surface area contributed by atoms with Gasteiger partial charge < -0.3 is 4.90 Å². The number of nitrogens with zero attached hydrogens (tertiary/aromatic N) is 2. The third-order valence-corrected chi connectivity index (χ3v) is 2.94. The topological polar surface area (TPSA) is 33.2 Å². The summed E-state index contributed by atoms with van der Waals surface area (Å²) in [5.74, 6) is -0.0159. The summed E-state index contributed by atoms with van der Waals surface area (Å²) in [5.41, 5.74) is 3.70. The lowest BCUT2D eigenvalue weighted by molar-refractivity contribution is 0.0826. The molecule has 18 heavy (non-hydrogen) atoms. The van der Waals surface area contributed by atoms with Crippen LogP contribution in [0.4, 0.5) is 0 Å². The zero-order valence-electron chi connectivity index (χ0n) is 10.8. The lowest BCUT2D eigenvalue weighted by atomic mass is 9.99. The van der Waals surface area contributed by atoms with Crippen LogP contribution in [0.5, 0.6) is 0 Å². The molecule has 0 aliphatic rings. The molecule has 3 nitrogen and oxygen atoms in total. The van der Waals surface area contributed by atoms with Gasteiger partial charge in [-0.3, -0.25) is 9.78 Å². The molecular formula is C15H16N2O. The van der Waals surface area contributed by atoms with E-state index in [1.165, 1.54) is 0 Å². The molecule has 0 spiro atoms. The minimum absolute atomic E-state index is 0.0159. The number of hydrogen-bond acceptors (Lipinski definition) is 2. The summed E-state index contributed by atoms with van der Waals surface area (Å²) in [6.07, 6.45) is 3.43. The Hall–Kier alpha value is -2.16. The van der Waals surface area contributed by atoms with E-state index in [0.717, 1.165) is 16.7 Å². The Balaban J connectivity index is 2.52. The van der Waals surface area contributed by atoms with Crippen LogP contribution in [-0.4, -0.2) is 29.9 Å². The van der Waals surface area contributed by atoms with Gasteiger partial charge in [0.2, 0.25) is 0 Å². The summed E-state index contributed by atoms with van der Waals surface area (Å²) < 4.78 is 0. The van der Waals surface area contributed by atoms with Crippen LogP contribution in [0.2, 0.25) is 0 Å². The fraction of sp³-hybridized carbons (Fsp3) is 0.200. The number of benzene rings is 1. The number of hydrogen-bond donors (Lipinski definition) is 0. The van der Waals surface area contributed by atoms with E-state index >= 15 is 0 Å². The van der Waals surface area contributed by atoms with Crippen LogP contribution in [0.1, 0.15) is 15.9 Å². The molecule has 1 aromatic heterocycles. The van der Waals surface area contributed by atoms with Gasteiger partial charge in [0.25, 0.3) is 5.91 Å². The van der Waals surface area contributed by atoms with E-state index in [9.17, 15) is 4.79 Å². The fourth-order valence-electron chi connectivity index (χ4n) is 1.89. The van der Waals surface area contributed by atoms with Gasteiger partial charge in [-0.25, -0.2) is 0 Å². The third-order valence-electron chi connectivity index (χ3n) is 2.94. The summed E-state index contributed by atoms with van der Waals surface area (Å²) >= 11 is 0. The molecule has 0 fully saturated rings. The Labute approximate surface area is 107 Å². The monoisotopic (exact) mass is 240 g/mol. The number of aromatic nitrogens is 1. The minimum Gasteiger partial charge on any atom is -0.345 e. The summed E-state index contributed by atoms with van der Waals surface area (Å²) in [6.45, 7) is 1.96. The quantitative estimate of drug-likeness (QED) is 0.808. The van der Waals surface area contributed by atoms with Crippen molar-refractivity contribution < 1.29 is 4.79 Å². The van der Waals surface area contributed by atoms with Gasteiger partial charge in [0.05, 0.1) is 5.56 Å². The Bertz CT molecular complexity index is 562. The zero-order valence-corrected chi connectivity index (χ0v) is 10.8. The predicted octanol–water partition coefficient (Wildman–Crippen LogP) is 2.76. The maximum Gasteiger partial charge on any atom is 0.255 e. The largest absolute Gasteiger partial charge is 0.345 e. The molecule has 0 saturated heterocycles. The van der Waals surface area contributed by atoms with Crippen molar-refractivity contribution in [2.24, 2.45) is 0 Å². The average Bonchev–Trinajstić information content (AvgIpc) is 2.39. The first-order valence-corrected chi connectivity index (χ1v) is 5.83. The lowest BCUT2D eigenvalue weighted by Gasteiger charge is -2.14. The van der Waals surface area contributed by atoms with Crippen LogP contribution in [0.3, 0.4) is 0 Å². The van der Waals surface area contributed by atoms with Crippen LogP contribution in [0.25, 0.3) is 11.1 Å². The number of amides is 1. The molecule has 0 N–H and O–H groups in total. The molecule has 0 radical (unpaired) electrons. The second-order valence-electron chi connectivity index (χ2n) is 4.43. The highest BCUT2D eigenvalue weighted by Crippen LogP contribution is 2.24. The van der Waals surface area contributed by atoms with Crippen molar-refractivity contribution in [2.45, 2.75) is 6.92 Å². The van der Waals surface area contributed by atoms with Crippen LogP contribution in [-0.2, 0) is 0 Å². The van der Waals surface area contributed by atoms with Gasteiger partial charge in [-0.15, -0.1) is 0 Å². The van der Waals surface area contributed by atoms with Crippen LogP contribution < -0.4 is 0 Å². The Kier molecular flexibility index (Phi) is 3.42. The molecule has 0 aliphatic heterocycles. The maximum atomic E-state index is 12.0. The molecule has 1 heterocycles. The number of carbonyl (C=O) groups is 1. The highest BCUT2D eigenvalue weighted by atomic mass is 16.2. The molecule has 2 aromatic rings. The molecule has 2 rings (SSSR count). The van der Waals surface area contributed by atoms with Crippen molar-refractivity contribution in [3.05, 3.63) is 53.9 Å². The van der Waals surface area contributed by atoms with E-state index in [2.05, 4.69) is 4.98 Å². The molecular weight excluding hydrogens is 224 g/mol. The smallest absolute Gasteiger partial charge is 0.255 e. The summed E-state index contributed by atoms with van der Waals surface area (Å²) in [6, 6.07) is 9.98. The first-order valence-electron chi connectivity index (χ1n) is 5.83. The van der Waals surface area contributed by atoms with Crippen molar-refractivity contribution in [1.29, 1.82) is 0 Å². The SMILES string of the molecule is Cc1c(C(=O)N(C)C)cncc1-c1ccccc1. The van der Waals surface area contributed by atoms with Gasteiger partial charge in [0.1, 0.15) is 0 Å². The highest BCUT2D eigenvalue weighted by molar-refractivity contribution is 5.96. The standard InChI is InChI=1S/C15H16N2O/c1-11-13(12-7-5-4-6-8-12)9-16-10-14(11)15(18)17(2)3/h4-10H,1-3H3. The molecule has 0 saturated carbocycles. The van der Waals surface area contributed by atoms with Crippen molar-refractivity contribution in [3.63, 3.8) is 0 Å². The second-order valence-corrected chi connectivity index (χ2v) is 4.43. The Morgan fingerprint density at radius 3 is 2.39 bits per heavy atom. The summed E-state index contributed by atoms with van der Waals surface area (Å²) in [7, 11) is 3.49. The van der Waals surface area contributed by atoms with Crippen LogP contribution >= 0.6 is 0 Å². The van der Waals surface area contributed by atoms with Crippen molar-refractivity contribution in [2.75, 3.05) is 14.1 Å². The number of rotatable bonds is 2. The van der Waals surface area contributed by atoms with E-state index in [-0.39, 0.29) is 5.91 Å².